The molecule has 0 saturated carbocycles. The van der Waals surface area contributed by atoms with Crippen LogP contribution in [-0.2, 0) is 13.6 Å². The van der Waals surface area contributed by atoms with Crippen LogP contribution in [0.1, 0.15) is 29.7 Å². The second kappa shape index (κ2) is 5.29. The smallest absolute Gasteiger partial charge is 0.262 e. The van der Waals surface area contributed by atoms with Crippen LogP contribution >= 0.6 is 11.3 Å². The molecule has 0 aromatic carbocycles. The fourth-order valence-electron chi connectivity index (χ4n) is 3.04. The number of likely N-dealkylation sites (tertiary alicyclic amines) is 1. The lowest BCUT2D eigenvalue weighted by Crippen LogP contribution is -2.25. The standard InChI is InChI=1S/C14H16N6OS/c1-19-12-9(7-16-19)13(21)18-11(17-12)8-20-5-2-3-10(20)14-15-4-6-22-14/h4,6-7,10H,2-3,5,8H2,1H3,(H,17,18,21)/t10-/m0/s1. The van der Waals surface area contributed by atoms with Gasteiger partial charge in [-0.15, -0.1) is 11.3 Å². The summed E-state index contributed by atoms with van der Waals surface area (Å²) in [4.78, 5) is 26.3. The second-order valence-electron chi connectivity index (χ2n) is 5.52. The number of aryl methyl sites for hydroxylation is 1. The molecule has 1 aliphatic heterocycles. The van der Waals surface area contributed by atoms with E-state index in [0.717, 1.165) is 24.4 Å². The van der Waals surface area contributed by atoms with Gasteiger partial charge in [0, 0.05) is 18.6 Å². The maximum absolute atomic E-state index is 12.1. The van der Waals surface area contributed by atoms with Crippen LogP contribution in [0.3, 0.4) is 0 Å². The molecule has 7 nitrogen and oxygen atoms in total. The molecule has 3 aromatic rings. The summed E-state index contributed by atoms with van der Waals surface area (Å²) in [5.74, 6) is 0.685. The van der Waals surface area contributed by atoms with Crippen LogP contribution in [0.2, 0.25) is 0 Å². The fraction of sp³-hybridized carbons (Fsp3) is 0.429. The van der Waals surface area contributed by atoms with Gasteiger partial charge in [0.2, 0.25) is 0 Å². The summed E-state index contributed by atoms with van der Waals surface area (Å²) in [6, 6.07) is 0.326. The molecule has 1 fully saturated rings. The number of aromatic amines is 1. The summed E-state index contributed by atoms with van der Waals surface area (Å²) in [6.45, 7) is 1.62. The van der Waals surface area contributed by atoms with Gasteiger partial charge in [-0.2, -0.15) is 5.10 Å². The molecule has 0 unspecified atom stereocenters. The van der Waals surface area contributed by atoms with Gasteiger partial charge in [-0.25, -0.2) is 9.97 Å². The van der Waals surface area contributed by atoms with Crippen LogP contribution in [0.4, 0.5) is 0 Å². The van der Waals surface area contributed by atoms with Crippen LogP contribution in [-0.4, -0.2) is 36.2 Å². The van der Waals surface area contributed by atoms with Crippen LogP contribution in [0.25, 0.3) is 11.0 Å². The van der Waals surface area contributed by atoms with Crippen LogP contribution in [0, 0.1) is 0 Å². The average molecular weight is 316 g/mol. The van der Waals surface area contributed by atoms with E-state index in [2.05, 4.69) is 25.0 Å². The number of hydrogen-bond acceptors (Lipinski definition) is 6. The summed E-state index contributed by atoms with van der Waals surface area (Å²) in [7, 11) is 1.80. The predicted molar refractivity (Wildman–Crippen MR) is 83.6 cm³/mol. The first-order valence-corrected chi connectivity index (χ1v) is 8.14. The Hall–Kier alpha value is -2.06. The normalized spacial score (nSPS) is 19.2. The summed E-state index contributed by atoms with van der Waals surface area (Å²) in [5, 5.41) is 7.78. The van der Waals surface area contributed by atoms with E-state index in [4.69, 9.17) is 0 Å². The van der Waals surface area contributed by atoms with Crippen molar-refractivity contribution >= 4 is 22.4 Å². The molecular weight excluding hydrogens is 300 g/mol. The van der Waals surface area contributed by atoms with Crippen molar-refractivity contribution < 1.29 is 0 Å². The molecule has 1 atom stereocenters. The summed E-state index contributed by atoms with van der Waals surface area (Å²) >= 11 is 1.68. The van der Waals surface area contributed by atoms with Crippen molar-refractivity contribution in [3.05, 3.63) is 39.0 Å². The molecule has 114 valence electrons. The lowest BCUT2D eigenvalue weighted by atomic mass is 10.2. The van der Waals surface area contributed by atoms with Crippen molar-refractivity contribution in [2.24, 2.45) is 7.05 Å². The Morgan fingerprint density at radius 3 is 3.23 bits per heavy atom. The Morgan fingerprint density at radius 1 is 1.50 bits per heavy atom. The first kappa shape index (κ1) is 13.6. The van der Waals surface area contributed by atoms with E-state index < -0.39 is 0 Å². The molecule has 0 bridgehead atoms. The van der Waals surface area contributed by atoms with Crippen molar-refractivity contribution in [3.63, 3.8) is 0 Å². The minimum Gasteiger partial charge on any atom is -0.309 e. The van der Waals surface area contributed by atoms with E-state index >= 15 is 0 Å². The van der Waals surface area contributed by atoms with Gasteiger partial charge in [0.1, 0.15) is 16.2 Å². The Bertz CT molecular complexity index is 852. The number of thiazole rings is 1. The van der Waals surface area contributed by atoms with E-state index in [1.54, 1.807) is 29.3 Å². The lowest BCUT2D eigenvalue weighted by molar-refractivity contribution is 0.242. The Morgan fingerprint density at radius 2 is 2.41 bits per heavy atom. The number of hydrogen-bond donors (Lipinski definition) is 1. The number of rotatable bonds is 3. The Labute approximate surface area is 130 Å². The fourth-order valence-corrected chi connectivity index (χ4v) is 3.85. The molecular formula is C14H16N6OS. The molecule has 0 amide bonds. The highest BCUT2D eigenvalue weighted by atomic mass is 32.1. The van der Waals surface area contributed by atoms with Crippen molar-refractivity contribution in [3.8, 4) is 0 Å². The maximum Gasteiger partial charge on any atom is 0.262 e. The third kappa shape index (κ3) is 2.24. The van der Waals surface area contributed by atoms with Gasteiger partial charge in [0.15, 0.2) is 5.65 Å². The number of H-pyrrole nitrogens is 1. The average Bonchev–Trinajstić information content (AvgIpc) is 3.20. The quantitative estimate of drug-likeness (QED) is 0.791. The molecule has 22 heavy (non-hydrogen) atoms. The zero-order valence-electron chi connectivity index (χ0n) is 12.2. The number of nitrogens with zero attached hydrogens (tertiary/aromatic N) is 5. The van der Waals surface area contributed by atoms with E-state index in [1.807, 2.05) is 11.6 Å². The highest BCUT2D eigenvalue weighted by Crippen LogP contribution is 2.33. The van der Waals surface area contributed by atoms with E-state index in [9.17, 15) is 4.79 Å². The molecule has 0 aliphatic carbocycles. The minimum atomic E-state index is -0.127. The molecule has 1 saturated heterocycles. The molecule has 4 rings (SSSR count). The van der Waals surface area contributed by atoms with Gasteiger partial charge in [-0.3, -0.25) is 14.4 Å². The van der Waals surface area contributed by atoms with Gasteiger partial charge in [0.25, 0.3) is 5.56 Å². The highest BCUT2D eigenvalue weighted by Gasteiger charge is 2.28. The van der Waals surface area contributed by atoms with Gasteiger partial charge in [-0.05, 0) is 19.4 Å². The third-order valence-electron chi connectivity index (χ3n) is 4.10. The van der Waals surface area contributed by atoms with Gasteiger partial charge >= 0.3 is 0 Å². The first-order valence-electron chi connectivity index (χ1n) is 7.27. The lowest BCUT2D eigenvalue weighted by Gasteiger charge is -2.21. The highest BCUT2D eigenvalue weighted by molar-refractivity contribution is 7.09. The van der Waals surface area contributed by atoms with Crippen LogP contribution in [0.5, 0.6) is 0 Å². The monoisotopic (exact) mass is 316 g/mol. The van der Waals surface area contributed by atoms with Crippen molar-refractivity contribution in [2.45, 2.75) is 25.4 Å². The van der Waals surface area contributed by atoms with E-state index in [1.165, 1.54) is 0 Å². The zero-order valence-corrected chi connectivity index (χ0v) is 13.0. The SMILES string of the molecule is Cn1ncc2c(=O)[nH]c(CN3CCC[C@H]3c3nccs3)nc21. The third-order valence-corrected chi connectivity index (χ3v) is 4.98. The predicted octanol–water partition coefficient (Wildman–Crippen LogP) is 1.45. The number of fused-ring (bicyclic) bond motifs is 1. The van der Waals surface area contributed by atoms with Gasteiger partial charge in [0.05, 0.1) is 18.8 Å². The summed E-state index contributed by atoms with van der Waals surface area (Å²) < 4.78 is 1.64. The van der Waals surface area contributed by atoms with Gasteiger partial charge in [-0.1, -0.05) is 0 Å². The van der Waals surface area contributed by atoms with E-state index in [-0.39, 0.29) is 5.56 Å². The van der Waals surface area contributed by atoms with Gasteiger partial charge < -0.3 is 4.98 Å². The number of nitrogens with one attached hydrogen (secondary N) is 1. The molecule has 3 aromatic heterocycles. The molecule has 1 N–H and O–H groups in total. The topological polar surface area (TPSA) is 79.7 Å². The molecule has 0 spiro atoms. The molecule has 1 aliphatic rings. The second-order valence-corrected chi connectivity index (χ2v) is 6.44. The first-order chi connectivity index (χ1) is 10.7. The van der Waals surface area contributed by atoms with Crippen molar-refractivity contribution in [2.75, 3.05) is 6.54 Å². The van der Waals surface area contributed by atoms with Crippen LogP contribution < -0.4 is 5.56 Å². The molecule has 0 radical (unpaired) electrons. The Balaban J connectivity index is 1.65. The van der Waals surface area contributed by atoms with Crippen LogP contribution in [0.15, 0.2) is 22.6 Å². The molecule has 8 heteroatoms. The summed E-state index contributed by atoms with van der Waals surface area (Å²) in [6.07, 6.45) is 5.64. The van der Waals surface area contributed by atoms with E-state index in [0.29, 0.717) is 29.4 Å². The number of aromatic nitrogens is 5. The Kier molecular flexibility index (Phi) is 3.27. The largest absolute Gasteiger partial charge is 0.309 e. The van der Waals surface area contributed by atoms with Crippen molar-refractivity contribution in [1.29, 1.82) is 0 Å². The zero-order chi connectivity index (χ0) is 15.1. The summed E-state index contributed by atoms with van der Waals surface area (Å²) in [5.41, 5.74) is 0.502. The molecule has 4 heterocycles. The minimum absolute atomic E-state index is 0.127. The van der Waals surface area contributed by atoms with Crippen molar-refractivity contribution in [1.82, 2.24) is 29.6 Å². The maximum atomic E-state index is 12.1.